The van der Waals surface area contributed by atoms with Gasteiger partial charge in [-0.25, -0.2) is 4.39 Å². The minimum atomic E-state index is -0.707. The van der Waals surface area contributed by atoms with Crippen LogP contribution in [0, 0.1) is 5.82 Å². The van der Waals surface area contributed by atoms with E-state index in [1.165, 1.54) is 6.07 Å². The summed E-state index contributed by atoms with van der Waals surface area (Å²) in [4.78, 5) is 0. The van der Waals surface area contributed by atoms with Gasteiger partial charge in [-0.3, -0.25) is 0 Å². The van der Waals surface area contributed by atoms with Gasteiger partial charge in [0.25, 0.3) is 0 Å². The van der Waals surface area contributed by atoms with Crippen molar-refractivity contribution in [1.82, 2.24) is 0 Å². The van der Waals surface area contributed by atoms with Crippen LogP contribution in [0.4, 0.5) is 4.39 Å². The molecule has 0 saturated heterocycles. The molecule has 1 unspecified atom stereocenters. The Labute approximate surface area is 126 Å². The molecule has 2 nitrogen and oxygen atoms in total. The summed E-state index contributed by atoms with van der Waals surface area (Å²) in [6.45, 7) is 1.88. The number of nitrogens with two attached hydrogens (primary N) is 1. The Hall–Kier alpha value is -1.39. The van der Waals surface area contributed by atoms with E-state index >= 15 is 0 Å². The quantitative estimate of drug-likeness (QED) is 0.914. The number of para-hydroxylation sites is 1. The molecule has 0 radical (unpaired) electrons. The SMILES string of the molecule is COc1ccccc1C(C)(N)Cc1ccc(Br)cc1F. The van der Waals surface area contributed by atoms with Gasteiger partial charge in [-0.1, -0.05) is 40.2 Å². The Morgan fingerprint density at radius 2 is 1.95 bits per heavy atom. The Morgan fingerprint density at radius 1 is 1.25 bits per heavy atom. The highest BCUT2D eigenvalue weighted by Crippen LogP contribution is 2.31. The maximum Gasteiger partial charge on any atom is 0.127 e. The third kappa shape index (κ3) is 3.19. The third-order valence-corrected chi connectivity index (χ3v) is 3.79. The van der Waals surface area contributed by atoms with Gasteiger partial charge in [0.2, 0.25) is 0 Å². The zero-order valence-corrected chi connectivity index (χ0v) is 13.1. The fraction of sp³-hybridized carbons (Fsp3) is 0.250. The van der Waals surface area contributed by atoms with Gasteiger partial charge in [0.05, 0.1) is 7.11 Å². The Morgan fingerprint density at radius 3 is 2.60 bits per heavy atom. The second-order valence-electron chi connectivity index (χ2n) is 5.03. The van der Waals surface area contributed by atoms with Gasteiger partial charge in [-0.2, -0.15) is 0 Å². The van der Waals surface area contributed by atoms with Gasteiger partial charge in [-0.05, 0) is 37.1 Å². The van der Waals surface area contributed by atoms with Gasteiger partial charge in [0.1, 0.15) is 11.6 Å². The van der Waals surface area contributed by atoms with Crippen molar-refractivity contribution in [3.05, 3.63) is 63.9 Å². The number of hydrogen-bond donors (Lipinski definition) is 1. The van der Waals surface area contributed by atoms with E-state index in [-0.39, 0.29) is 5.82 Å². The molecule has 0 aliphatic rings. The molecule has 1 atom stereocenters. The minimum Gasteiger partial charge on any atom is -0.496 e. The highest BCUT2D eigenvalue weighted by atomic mass is 79.9. The number of halogens is 2. The first-order chi connectivity index (χ1) is 9.44. The van der Waals surface area contributed by atoms with Crippen LogP contribution in [0.5, 0.6) is 5.75 Å². The molecule has 0 heterocycles. The molecular weight excluding hydrogens is 321 g/mol. The van der Waals surface area contributed by atoms with E-state index in [0.717, 1.165) is 15.8 Å². The second-order valence-corrected chi connectivity index (χ2v) is 5.95. The molecule has 0 aliphatic heterocycles. The Kier molecular flexibility index (Phi) is 4.45. The molecule has 0 saturated carbocycles. The van der Waals surface area contributed by atoms with Gasteiger partial charge in [-0.15, -0.1) is 0 Å². The summed E-state index contributed by atoms with van der Waals surface area (Å²) < 4.78 is 20.0. The van der Waals surface area contributed by atoms with Crippen molar-refractivity contribution in [2.24, 2.45) is 5.73 Å². The molecule has 2 N–H and O–H groups in total. The van der Waals surface area contributed by atoms with E-state index < -0.39 is 5.54 Å². The average molecular weight is 338 g/mol. The van der Waals surface area contributed by atoms with Crippen LogP contribution in [0.2, 0.25) is 0 Å². The first kappa shape index (κ1) is 15.0. The molecule has 0 spiro atoms. The molecule has 20 heavy (non-hydrogen) atoms. The lowest BCUT2D eigenvalue weighted by Gasteiger charge is -2.27. The van der Waals surface area contributed by atoms with Crippen molar-refractivity contribution in [3.8, 4) is 5.75 Å². The van der Waals surface area contributed by atoms with E-state index in [0.29, 0.717) is 12.0 Å². The number of ether oxygens (including phenoxy) is 1. The van der Waals surface area contributed by atoms with Crippen LogP contribution < -0.4 is 10.5 Å². The summed E-state index contributed by atoms with van der Waals surface area (Å²) in [5.41, 5.74) is 7.14. The van der Waals surface area contributed by atoms with E-state index in [1.807, 2.05) is 37.3 Å². The van der Waals surface area contributed by atoms with Crippen molar-refractivity contribution >= 4 is 15.9 Å². The first-order valence-corrected chi connectivity index (χ1v) is 7.09. The average Bonchev–Trinajstić information content (AvgIpc) is 2.42. The number of methoxy groups -OCH3 is 1. The van der Waals surface area contributed by atoms with Gasteiger partial charge in [0.15, 0.2) is 0 Å². The summed E-state index contributed by atoms with van der Waals surface area (Å²) in [5, 5.41) is 0. The van der Waals surface area contributed by atoms with E-state index in [9.17, 15) is 4.39 Å². The van der Waals surface area contributed by atoms with Crippen LogP contribution >= 0.6 is 15.9 Å². The lowest BCUT2D eigenvalue weighted by molar-refractivity contribution is 0.384. The standard InChI is InChI=1S/C16H17BrFNO/c1-16(19,13-5-3-4-6-15(13)20-2)10-11-7-8-12(17)9-14(11)18/h3-9H,10,19H2,1-2H3. The summed E-state index contributed by atoms with van der Waals surface area (Å²) >= 11 is 3.25. The van der Waals surface area contributed by atoms with Gasteiger partial charge >= 0.3 is 0 Å². The van der Waals surface area contributed by atoms with Crippen LogP contribution in [-0.2, 0) is 12.0 Å². The van der Waals surface area contributed by atoms with Crippen LogP contribution in [0.1, 0.15) is 18.1 Å². The minimum absolute atomic E-state index is 0.258. The Balaban J connectivity index is 2.35. The lowest BCUT2D eigenvalue weighted by Crippen LogP contribution is -2.36. The van der Waals surface area contributed by atoms with E-state index in [4.69, 9.17) is 10.5 Å². The lowest BCUT2D eigenvalue weighted by atomic mass is 9.86. The molecule has 0 fully saturated rings. The largest absolute Gasteiger partial charge is 0.496 e. The Bertz CT molecular complexity index is 613. The molecule has 4 heteroatoms. The summed E-state index contributed by atoms with van der Waals surface area (Å²) in [5.74, 6) is 0.459. The topological polar surface area (TPSA) is 35.2 Å². The first-order valence-electron chi connectivity index (χ1n) is 6.30. The fourth-order valence-corrected chi connectivity index (χ4v) is 2.61. The van der Waals surface area contributed by atoms with Gasteiger partial charge < -0.3 is 10.5 Å². The second kappa shape index (κ2) is 5.94. The molecule has 0 amide bonds. The number of hydrogen-bond acceptors (Lipinski definition) is 2. The maximum absolute atomic E-state index is 14.0. The van der Waals surface area contributed by atoms with Crippen molar-refractivity contribution in [3.63, 3.8) is 0 Å². The molecule has 0 aliphatic carbocycles. The fourth-order valence-electron chi connectivity index (χ4n) is 2.27. The molecule has 2 aromatic carbocycles. The summed E-state index contributed by atoms with van der Waals surface area (Å²) in [6, 6.07) is 12.6. The smallest absolute Gasteiger partial charge is 0.127 e. The molecule has 0 aromatic heterocycles. The molecular formula is C16H17BrFNO. The number of benzene rings is 2. The normalized spacial score (nSPS) is 13.8. The highest BCUT2D eigenvalue weighted by Gasteiger charge is 2.26. The summed E-state index contributed by atoms with van der Waals surface area (Å²) in [6.07, 6.45) is 0.395. The van der Waals surface area contributed by atoms with Crippen molar-refractivity contribution in [1.29, 1.82) is 0 Å². The highest BCUT2D eigenvalue weighted by molar-refractivity contribution is 9.10. The zero-order chi connectivity index (χ0) is 14.8. The predicted octanol–water partition coefficient (Wildman–Crippen LogP) is 4.01. The molecule has 106 valence electrons. The van der Waals surface area contributed by atoms with Crippen molar-refractivity contribution < 1.29 is 9.13 Å². The molecule has 2 rings (SSSR count). The van der Waals surface area contributed by atoms with Gasteiger partial charge in [0, 0.05) is 15.6 Å². The van der Waals surface area contributed by atoms with E-state index in [1.54, 1.807) is 13.2 Å². The maximum atomic E-state index is 14.0. The van der Waals surface area contributed by atoms with Crippen LogP contribution in [-0.4, -0.2) is 7.11 Å². The monoisotopic (exact) mass is 337 g/mol. The molecule has 0 bridgehead atoms. The third-order valence-electron chi connectivity index (χ3n) is 3.30. The van der Waals surface area contributed by atoms with Crippen molar-refractivity contribution in [2.75, 3.05) is 7.11 Å². The van der Waals surface area contributed by atoms with Crippen LogP contribution in [0.3, 0.4) is 0 Å². The zero-order valence-electron chi connectivity index (χ0n) is 11.5. The van der Waals surface area contributed by atoms with Crippen molar-refractivity contribution in [2.45, 2.75) is 18.9 Å². The van der Waals surface area contributed by atoms with E-state index in [2.05, 4.69) is 15.9 Å². The summed E-state index contributed by atoms with van der Waals surface area (Å²) in [7, 11) is 1.61. The van der Waals surface area contributed by atoms with Crippen LogP contribution in [0.15, 0.2) is 46.9 Å². The predicted molar refractivity (Wildman–Crippen MR) is 82.3 cm³/mol. The van der Waals surface area contributed by atoms with Crippen LogP contribution in [0.25, 0.3) is 0 Å². The molecule has 2 aromatic rings. The number of rotatable bonds is 4.